The number of benzene rings is 2. The minimum absolute atomic E-state index is 0.311. The van der Waals surface area contributed by atoms with Crippen LogP contribution in [0.25, 0.3) is 11.1 Å². The molecule has 0 amide bonds. The van der Waals surface area contributed by atoms with E-state index in [0.29, 0.717) is 30.9 Å². The number of ether oxygens (including phenoxy) is 1. The fraction of sp³-hybridized carbons (Fsp3) is 0.0769. The van der Waals surface area contributed by atoms with E-state index in [4.69, 9.17) is 62.7 Å². The van der Waals surface area contributed by atoms with Crippen molar-refractivity contribution >= 4 is 58.0 Å². The van der Waals surface area contributed by atoms with Gasteiger partial charge in [0.2, 0.25) is 0 Å². The maximum atomic E-state index is 6.11. The van der Waals surface area contributed by atoms with Crippen LogP contribution < -0.4 is 4.74 Å². The highest BCUT2D eigenvalue weighted by Crippen LogP contribution is 2.43. The smallest absolute Gasteiger partial charge is 0.146 e. The normalized spacial score (nSPS) is 10.6. The van der Waals surface area contributed by atoms with Gasteiger partial charge in [-0.1, -0.05) is 58.0 Å². The molecular formula is C13H7Cl5O. The Labute approximate surface area is 135 Å². The van der Waals surface area contributed by atoms with Gasteiger partial charge in [-0.3, -0.25) is 0 Å². The summed E-state index contributed by atoms with van der Waals surface area (Å²) in [4.78, 5) is 0. The molecule has 0 aliphatic heterocycles. The summed E-state index contributed by atoms with van der Waals surface area (Å²) in [5, 5.41) is 1.78. The van der Waals surface area contributed by atoms with Gasteiger partial charge in [-0.25, -0.2) is 0 Å². The fourth-order valence-corrected chi connectivity index (χ4v) is 2.66. The molecule has 0 heterocycles. The molecule has 2 aromatic carbocycles. The molecule has 6 heteroatoms. The largest absolute Gasteiger partial charge is 0.494 e. The highest BCUT2D eigenvalue weighted by atomic mass is 35.5. The number of methoxy groups -OCH3 is 1. The zero-order valence-corrected chi connectivity index (χ0v) is 13.4. The number of halogens is 5. The van der Waals surface area contributed by atoms with Crippen molar-refractivity contribution in [1.29, 1.82) is 0 Å². The molecule has 0 aliphatic rings. The Hall–Kier alpha value is -0.310. The summed E-state index contributed by atoms with van der Waals surface area (Å²) in [5.41, 5.74) is 1.48. The van der Waals surface area contributed by atoms with Crippen LogP contribution in [-0.4, -0.2) is 7.11 Å². The van der Waals surface area contributed by atoms with E-state index >= 15 is 0 Å². The molecule has 0 spiro atoms. The van der Waals surface area contributed by atoms with Gasteiger partial charge in [-0.05, 0) is 29.8 Å². The maximum Gasteiger partial charge on any atom is 0.146 e. The molecule has 2 aromatic rings. The highest BCUT2D eigenvalue weighted by molar-refractivity contribution is 6.48. The summed E-state index contributed by atoms with van der Waals surface area (Å²) in [6.45, 7) is 0. The zero-order chi connectivity index (χ0) is 14.2. The van der Waals surface area contributed by atoms with Crippen LogP contribution in [0.3, 0.4) is 0 Å². The molecule has 100 valence electrons. The first-order valence-electron chi connectivity index (χ1n) is 5.12. The van der Waals surface area contributed by atoms with Crippen molar-refractivity contribution in [3.8, 4) is 16.9 Å². The van der Waals surface area contributed by atoms with Crippen LogP contribution in [0.5, 0.6) is 5.75 Å². The molecule has 0 unspecified atom stereocenters. The van der Waals surface area contributed by atoms with Crippen molar-refractivity contribution < 1.29 is 4.74 Å². The van der Waals surface area contributed by atoms with E-state index < -0.39 is 0 Å². The van der Waals surface area contributed by atoms with E-state index in [1.165, 1.54) is 7.11 Å². The van der Waals surface area contributed by atoms with Crippen molar-refractivity contribution in [2.24, 2.45) is 0 Å². The first-order chi connectivity index (χ1) is 8.95. The van der Waals surface area contributed by atoms with E-state index in [1.807, 2.05) is 0 Å². The second-order valence-electron chi connectivity index (χ2n) is 3.70. The Bertz CT molecular complexity index is 616. The lowest BCUT2D eigenvalue weighted by atomic mass is 10.0. The number of rotatable bonds is 2. The van der Waals surface area contributed by atoms with E-state index in [0.717, 1.165) is 11.1 Å². The summed E-state index contributed by atoms with van der Waals surface area (Å²) in [6.07, 6.45) is 0. The Balaban J connectivity index is 2.69. The fourth-order valence-electron chi connectivity index (χ4n) is 1.67. The molecule has 0 aromatic heterocycles. The van der Waals surface area contributed by atoms with Crippen LogP contribution in [-0.2, 0) is 0 Å². The van der Waals surface area contributed by atoms with Crippen LogP contribution in [0.4, 0.5) is 0 Å². The summed E-state index contributed by atoms with van der Waals surface area (Å²) < 4.78 is 5.29. The Kier molecular flexibility index (Phi) is 4.75. The summed E-state index contributed by atoms with van der Waals surface area (Å²) in [6, 6.07) is 6.84. The van der Waals surface area contributed by atoms with E-state index in [9.17, 15) is 0 Å². The number of hydrogen-bond acceptors (Lipinski definition) is 1. The molecular weight excluding hydrogens is 349 g/mol. The van der Waals surface area contributed by atoms with Crippen molar-refractivity contribution in [3.63, 3.8) is 0 Å². The molecule has 0 saturated heterocycles. The molecule has 0 fully saturated rings. The van der Waals surface area contributed by atoms with Gasteiger partial charge in [0.05, 0.1) is 27.2 Å². The molecule has 0 N–H and O–H groups in total. The van der Waals surface area contributed by atoms with Gasteiger partial charge < -0.3 is 4.74 Å². The summed E-state index contributed by atoms with van der Waals surface area (Å²) >= 11 is 30.0. The van der Waals surface area contributed by atoms with Gasteiger partial charge in [-0.2, -0.15) is 0 Å². The van der Waals surface area contributed by atoms with Crippen molar-refractivity contribution in [3.05, 3.63) is 49.4 Å². The molecule has 2 rings (SSSR count). The minimum atomic E-state index is 0.311. The first kappa shape index (κ1) is 15.1. The SMILES string of the molecule is COc1c(-c2cc(Cl)c(Cl)c(Cl)c2)ccc(Cl)c1Cl. The van der Waals surface area contributed by atoms with Crippen LogP contribution in [0.2, 0.25) is 25.1 Å². The number of hydrogen-bond donors (Lipinski definition) is 0. The Morgan fingerprint density at radius 1 is 0.789 bits per heavy atom. The second kappa shape index (κ2) is 5.99. The lowest BCUT2D eigenvalue weighted by molar-refractivity contribution is 0.416. The predicted molar refractivity (Wildman–Crippen MR) is 83.5 cm³/mol. The zero-order valence-electron chi connectivity index (χ0n) is 9.61. The summed E-state index contributed by atoms with van der Waals surface area (Å²) in [5.74, 6) is 0.462. The lowest BCUT2D eigenvalue weighted by Gasteiger charge is -2.12. The van der Waals surface area contributed by atoms with E-state index in [2.05, 4.69) is 0 Å². The quantitative estimate of drug-likeness (QED) is 0.549. The van der Waals surface area contributed by atoms with Crippen molar-refractivity contribution in [1.82, 2.24) is 0 Å². The molecule has 0 saturated carbocycles. The van der Waals surface area contributed by atoms with Gasteiger partial charge in [-0.15, -0.1) is 0 Å². The van der Waals surface area contributed by atoms with E-state index in [-0.39, 0.29) is 0 Å². The highest BCUT2D eigenvalue weighted by Gasteiger charge is 2.15. The van der Waals surface area contributed by atoms with Crippen molar-refractivity contribution in [2.75, 3.05) is 7.11 Å². The minimum Gasteiger partial charge on any atom is -0.494 e. The van der Waals surface area contributed by atoms with E-state index in [1.54, 1.807) is 24.3 Å². The van der Waals surface area contributed by atoms with Gasteiger partial charge in [0.25, 0.3) is 0 Å². The molecule has 0 aliphatic carbocycles. The lowest BCUT2D eigenvalue weighted by Crippen LogP contribution is -1.90. The van der Waals surface area contributed by atoms with Crippen molar-refractivity contribution in [2.45, 2.75) is 0 Å². The Morgan fingerprint density at radius 2 is 1.37 bits per heavy atom. The average Bonchev–Trinajstić information content (AvgIpc) is 2.38. The van der Waals surface area contributed by atoms with Gasteiger partial charge in [0.1, 0.15) is 10.8 Å². The molecule has 0 bridgehead atoms. The third-order valence-corrected chi connectivity index (χ3v) is 4.53. The third kappa shape index (κ3) is 2.91. The van der Waals surface area contributed by atoms with Gasteiger partial charge >= 0.3 is 0 Å². The molecule has 0 radical (unpaired) electrons. The van der Waals surface area contributed by atoms with Gasteiger partial charge in [0, 0.05) is 5.56 Å². The summed E-state index contributed by atoms with van der Waals surface area (Å²) in [7, 11) is 1.51. The van der Waals surface area contributed by atoms with Gasteiger partial charge in [0.15, 0.2) is 0 Å². The van der Waals surface area contributed by atoms with Crippen LogP contribution in [0, 0.1) is 0 Å². The predicted octanol–water partition coefficient (Wildman–Crippen LogP) is 6.63. The van der Waals surface area contributed by atoms with Crippen LogP contribution >= 0.6 is 58.0 Å². The molecule has 19 heavy (non-hydrogen) atoms. The standard InChI is InChI=1S/C13H7Cl5O/c1-19-13-7(2-3-8(14)12(13)18)6-4-9(15)11(17)10(16)5-6/h2-5H,1H3. The molecule has 1 nitrogen and oxygen atoms in total. The monoisotopic (exact) mass is 354 g/mol. The first-order valence-corrected chi connectivity index (χ1v) is 7.01. The van der Waals surface area contributed by atoms with Crippen LogP contribution in [0.1, 0.15) is 0 Å². The third-order valence-electron chi connectivity index (χ3n) is 2.55. The molecule has 0 atom stereocenters. The average molecular weight is 356 g/mol. The second-order valence-corrected chi connectivity index (χ2v) is 5.67. The topological polar surface area (TPSA) is 9.23 Å². The van der Waals surface area contributed by atoms with Crippen LogP contribution in [0.15, 0.2) is 24.3 Å². The maximum absolute atomic E-state index is 6.11. The Morgan fingerprint density at radius 3 is 1.89 bits per heavy atom.